The van der Waals surface area contributed by atoms with Gasteiger partial charge in [0, 0.05) is 0 Å². The first-order valence-electron chi connectivity index (χ1n) is 8.55. The van der Waals surface area contributed by atoms with Gasteiger partial charge in [-0.2, -0.15) is 0 Å². The molecule has 23 heavy (non-hydrogen) atoms. The number of carbonyl (C=O) groups excluding carboxylic acids is 2. The zero-order chi connectivity index (χ0) is 16.7. The van der Waals surface area contributed by atoms with Gasteiger partial charge in [0.25, 0.3) is 0 Å². The highest BCUT2D eigenvalue weighted by atomic mass is 16.6. The molecule has 1 aliphatic rings. The first-order valence-corrected chi connectivity index (χ1v) is 8.55. The van der Waals surface area contributed by atoms with Crippen molar-refractivity contribution in [2.75, 3.05) is 6.61 Å². The van der Waals surface area contributed by atoms with Crippen LogP contribution in [0.1, 0.15) is 79.5 Å². The van der Waals surface area contributed by atoms with Gasteiger partial charge in [0.1, 0.15) is 5.60 Å². The third-order valence-electron chi connectivity index (χ3n) is 4.35. The Morgan fingerprint density at radius 1 is 1.04 bits per heavy atom. The van der Waals surface area contributed by atoms with Gasteiger partial charge in [-0.25, -0.2) is 9.59 Å². The van der Waals surface area contributed by atoms with Gasteiger partial charge in [-0.05, 0) is 51.2 Å². The number of unbranched alkanes of at least 4 members (excludes halogenated alkanes) is 1. The van der Waals surface area contributed by atoms with E-state index in [1.54, 1.807) is 24.3 Å². The molecule has 0 atom stereocenters. The third kappa shape index (κ3) is 4.81. The molecule has 0 N–H and O–H groups in total. The zero-order valence-corrected chi connectivity index (χ0v) is 14.1. The second-order valence-corrected chi connectivity index (χ2v) is 6.44. The van der Waals surface area contributed by atoms with Crippen LogP contribution in [0.3, 0.4) is 0 Å². The van der Waals surface area contributed by atoms with Crippen molar-refractivity contribution in [3.8, 4) is 0 Å². The van der Waals surface area contributed by atoms with Crippen molar-refractivity contribution in [3.63, 3.8) is 0 Å². The van der Waals surface area contributed by atoms with Gasteiger partial charge in [0.15, 0.2) is 0 Å². The maximum absolute atomic E-state index is 12.5. The lowest BCUT2D eigenvalue weighted by molar-refractivity contribution is -0.0271. The molecule has 0 aliphatic heterocycles. The Kier molecular flexibility index (Phi) is 6.20. The molecule has 0 bridgehead atoms. The molecule has 4 heteroatoms. The number of hydrogen-bond donors (Lipinski definition) is 0. The monoisotopic (exact) mass is 318 g/mol. The third-order valence-corrected chi connectivity index (χ3v) is 4.35. The summed E-state index contributed by atoms with van der Waals surface area (Å²) in [7, 11) is 0. The number of carbonyl (C=O) groups is 2. The topological polar surface area (TPSA) is 52.6 Å². The van der Waals surface area contributed by atoms with Crippen LogP contribution in [0.5, 0.6) is 0 Å². The quantitative estimate of drug-likeness (QED) is 0.571. The van der Waals surface area contributed by atoms with E-state index in [0.717, 1.165) is 38.5 Å². The Morgan fingerprint density at radius 2 is 1.65 bits per heavy atom. The first-order chi connectivity index (χ1) is 11.1. The maximum Gasteiger partial charge on any atom is 0.339 e. The molecule has 4 nitrogen and oxygen atoms in total. The molecule has 1 aromatic rings. The predicted octanol–water partition coefficient (Wildman–Crippen LogP) is 4.52. The van der Waals surface area contributed by atoms with E-state index < -0.39 is 17.5 Å². The Morgan fingerprint density at radius 3 is 2.26 bits per heavy atom. The number of hydrogen-bond acceptors (Lipinski definition) is 4. The van der Waals surface area contributed by atoms with Crippen LogP contribution in [0.2, 0.25) is 0 Å². The van der Waals surface area contributed by atoms with Gasteiger partial charge in [0.2, 0.25) is 0 Å². The van der Waals surface area contributed by atoms with Crippen molar-refractivity contribution >= 4 is 11.9 Å². The predicted molar refractivity (Wildman–Crippen MR) is 88.5 cm³/mol. The molecular weight excluding hydrogens is 292 g/mol. The van der Waals surface area contributed by atoms with Gasteiger partial charge >= 0.3 is 11.9 Å². The molecule has 1 saturated carbocycles. The fourth-order valence-electron chi connectivity index (χ4n) is 2.91. The minimum atomic E-state index is -0.459. The van der Waals surface area contributed by atoms with Crippen molar-refractivity contribution in [1.82, 2.24) is 0 Å². The van der Waals surface area contributed by atoms with E-state index in [-0.39, 0.29) is 5.56 Å². The van der Waals surface area contributed by atoms with Crippen LogP contribution in [0, 0.1) is 0 Å². The van der Waals surface area contributed by atoms with E-state index in [1.807, 2.05) is 13.8 Å². The van der Waals surface area contributed by atoms with Gasteiger partial charge in [0.05, 0.1) is 17.7 Å². The van der Waals surface area contributed by atoms with Crippen LogP contribution in [0.15, 0.2) is 24.3 Å². The number of benzene rings is 1. The Bertz CT molecular complexity index is 544. The maximum atomic E-state index is 12.5. The van der Waals surface area contributed by atoms with Gasteiger partial charge < -0.3 is 9.47 Å². The van der Waals surface area contributed by atoms with Crippen molar-refractivity contribution in [1.29, 1.82) is 0 Å². The molecule has 0 heterocycles. The normalized spacial score (nSPS) is 16.6. The van der Waals surface area contributed by atoms with Gasteiger partial charge in [-0.15, -0.1) is 0 Å². The smallest absolute Gasteiger partial charge is 0.339 e. The molecule has 0 amide bonds. The molecule has 1 aromatic carbocycles. The lowest BCUT2D eigenvalue weighted by Gasteiger charge is -2.33. The van der Waals surface area contributed by atoms with Crippen molar-refractivity contribution in [3.05, 3.63) is 35.4 Å². The number of rotatable bonds is 6. The summed E-state index contributed by atoms with van der Waals surface area (Å²) in [5.74, 6) is -0.891. The van der Waals surface area contributed by atoms with Crippen LogP contribution in [0.25, 0.3) is 0 Å². The second-order valence-electron chi connectivity index (χ2n) is 6.44. The van der Waals surface area contributed by atoms with E-state index in [0.29, 0.717) is 12.2 Å². The minimum absolute atomic E-state index is 0.285. The second kappa shape index (κ2) is 8.14. The van der Waals surface area contributed by atoms with Crippen molar-refractivity contribution in [2.45, 2.75) is 64.4 Å². The number of ether oxygens (including phenoxy) is 2. The summed E-state index contributed by atoms with van der Waals surface area (Å²) in [6.45, 7) is 4.38. The van der Waals surface area contributed by atoms with E-state index in [9.17, 15) is 9.59 Å². The molecular formula is C19H26O4. The van der Waals surface area contributed by atoms with E-state index in [4.69, 9.17) is 9.47 Å². The highest BCUT2D eigenvalue weighted by Gasteiger charge is 2.32. The Hall–Kier alpha value is -1.84. The van der Waals surface area contributed by atoms with Crippen LogP contribution in [-0.4, -0.2) is 24.1 Å². The molecule has 1 aliphatic carbocycles. The lowest BCUT2D eigenvalue weighted by atomic mass is 9.86. The average molecular weight is 318 g/mol. The van der Waals surface area contributed by atoms with Gasteiger partial charge in [-0.3, -0.25) is 0 Å². The van der Waals surface area contributed by atoms with E-state index in [2.05, 4.69) is 0 Å². The number of esters is 2. The molecule has 2 rings (SSSR count). The first kappa shape index (κ1) is 17.5. The van der Waals surface area contributed by atoms with Crippen molar-refractivity contribution in [2.24, 2.45) is 0 Å². The van der Waals surface area contributed by atoms with E-state index >= 15 is 0 Å². The molecule has 0 spiro atoms. The molecule has 1 fully saturated rings. The largest absolute Gasteiger partial charge is 0.462 e. The SMILES string of the molecule is CCCCOC(=O)c1ccccc1C(=O)OC1(C)CCCCC1. The summed E-state index contributed by atoms with van der Waals surface area (Å²) in [6.07, 6.45) is 6.86. The zero-order valence-electron chi connectivity index (χ0n) is 14.1. The Balaban J connectivity index is 2.09. The summed E-state index contributed by atoms with van der Waals surface area (Å²) in [6, 6.07) is 6.72. The highest BCUT2D eigenvalue weighted by molar-refractivity contribution is 6.03. The molecule has 0 saturated heterocycles. The summed E-state index contributed by atoms with van der Waals surface area (Å²) < 4.78 is 11.0. The van der Waals surface area contributed by atoms with Crippen LogP contribution in [0.4, 0.5) is 0 Å². The summed E-state index contributed by atoms with van der Waals surface area (Å²) in [4.78, 5) is 24.7. The molecule has 0 aromatic heterocycles. The van der Waals surface area contributed by atoms with Crippen LogP contribution in [-0.2, 0) is 9.47 Å². The van der Waals surface area contributed by atoms with Crippen molar-refractivity contribution < 1.29 is 19.1 Å². The Labute approximate surface area is 138 Å². The van der Waals surface area contributed by atoms with Gasteiger partial charge in [-0.1, -0.05) is 31.9 Å². The van der Waals surface area contributed by atoms with Crippen LogP contribution < -0.4 is 0 Å². The highest BCUT2D eigenvalue weighted by Crippen LogP contribution is 2.32. The lowest BCUT2D eigenvalue weighted by Crippen LogP contribution is -2.34. The minimum Gasteiger partial charge on any atom is -0.462 e. The fraction of sp³-hybridized carbons (Fsp3) is 0.579. The fourth-order valence-corrected chi connectivity index (χ4v) is 2.91. The molecule has 0 radical (unpaired) electrons. The summed E-state index contributed by atoms with van der Waals surface area (Å²) in [5.41, 5.74) is 0.156. The summed E-state index contributed by atoms with van der Waals surface area (Å²) >= 11 is 0. The average Bonchev–Trinajstić information content (AvgIpc) is 2.55. The molecule has 0 unspecified atom stereocenters. The molecule has 126 valence electrons. The van der Waals surface area contributed by atoms with E-state index in [1.165, 1.54) is 6.42 Å². The summed E-state index contributed by atoms with van der Waals surface area (Å²) in [5, 5.41) is 0. The standard InChI is InChI=1S/C19H26O4/c1-3-4-14-22-17(20)15-10-6-7-11-16(15)18(21)23-19(2)12-8-5-9-13-19/h6-7,10-11H,3-5,8-9,12-14H2,1-2H3. The van der Waals surface area contributed by atoms with Crippen LogP contribution >= 0.6 is 0 Å².